The van der Waals surface area contributed by atoms with Crippen LogP contribution < -0.4 is 0 Å². The number of rotatable bonds is 3. The normalized spacial score (nSPS) is 18.4. The van der Waals surface area contributed by atoms with Crippen molar-refractivity contribution >= 4 is 17.5 Å². The molecule has 1 saturated heterocycles. The average molecular weight is 311 g/mol. The lowest BCUT2D eigenvalue weighted by Crippen LogP contribution is -2.30. The van der Waals surface area contributed by atoms with Crippen LogP contribution in [-0.4, -0.2) is 39.2 Å². The standard InChI is InChI=1S/C13H15ClN4O3/c1-7-10(12(14)20-16-7)5-11(19)18-4-3-9(6-18)13-15-8(2)17-21-13/h9H,3-6H2,1-2H3. The number of hydrogen-bond acceptors (Lipinski definition) is 6. The molecule has 21 heavy (non-hydrogen) atoms. The fourth-order valence-corrected chi connectivity index (χ4v) is 2.73. The Morgan fingerprint density at radius 2 is 2.19 bits per heavy atom. The molecule has 7 nitrogen and oxygen atoms in total. The summed E-state index contributed by atoms with van der Waals surface area (Å²) in [6, 6.07) is 0. The summed E-state index contributed by atoms with van der Waals surface area (Å²) in [5, 5.41) is 7.72. The largest absolute Gasteiger partial charge is 0.344 e. The second-order valence-corrected chi connectivity index (χ2v) is 5.55. The molecule has 1 aliphatic heterocycles. The number of aryl methyl sites for hydroxylation is 2. The van der Waals surface area contributed by atoms with Gasteiger partial charge in [0.25, 0.3) is 0 Å². The molecule has 0 saturated carbocycles. The third-order valence-electron chi connectivity index (χ3n) is 3.70. The van der Waals surface area contributed by atoms with E-state index >= 15 is 0 Å². The average Bonchev–Trinajstić information content (AvgIpc) is 3.15. The highest BCUT2D eigenvalue weighted by Gasteiger charge is 2.31. The van der Waals surface area contributed by atoms with Crippen molar-refractivity contribution in [3.63, 3.8) is 0 Å². The number of carbonyl (C=O) groups excluding carboxylic acids is 1. The van der Waals surface area contributed by atoms with Crippen LogP contribution in [-0.2, 0) is 11.2 Å². The first-order valence-corrected chi connectivity index (χ1v) is 7.11. The predicted molar refractivity (Wildman–Crippen MR) is 72.9 cm³/mol. The van der Waals surface area contributed by atoms with Crippen molar-refractivity contribution in [2.45, 2.75) is 32.6 Å². The number of nitrogens with zero attached hydrogens (tertiary/aromatic N) is 4. The van der Waals surface area contributed by atoms with Crippen LogP contribution in [0.15, 0.2) is 9.05 Å². The third kappa shape index (κ3) is 2.78. The summed E-state index contributed by atoms with van der Waals surface area (Å²) >= 11 is 5.89. The minimum absolute atomic E-state index is 0.00179. The molecule has 1 atom stereocenters. The van der Waals surface area contributed by atoms with Gasteiger partial charge < -0.3 is 13.9 Å². The highest BCUT2D eigenvalue weighted by atomic mass is 35.5. The van der Waals surface area contributed by atoms with Crippen molar-refractivity contribution in [1.82, 2.24) is 20.2 Å². The molecule has 8 heteroatoms. The van der Waals surface area contributed by atoms with Gasteiger partial charge in [0.2, 0.25) is 17.0 Å². The smallest absolute Gasteiger partial charge is 0.231 e. The summed E-state index contributed by atoms with van der Waals surface area (Å²) in [5.41, 5.74) is 1.30. The molecule has 2 aromatic rings. The Labute approximate surface area is 126 Å². The minimum Gasteiger partial charge on any atom is -0.344 e. The second-order valence-electron chi connectivity index (χ2n) is 5.20. The fraction of sp³-hybridized carbons (Fsp3) is 0.538. The zero-order valence-electron chi connectivity index (χ0n) is 11.8. The van der Waals surface area contributed by atoms with Crippen LogP contribution in [0.2, 0.25) is 5.22 Å². The zero-order valence-corrected chi connectivity index (χ0v) is 12.6. The van der Waals surface area contributed by atoms with Crippen LogP contribution in [0.25, 0.3) is 0 Å². The van der Waals surface area contributed by atoms with Crippen molar-refractivity contribution in [2.24, 2.45) is 0 Å². The monoisotopic (exact) mass is 310 g/mol. The first-order valence-electron chi connectivity index (χ1n) is 6.73. The Morgan fingerprint density at radius 1 is 1.38 bits per heavy atom. The second kappa shape index (κ2) is 5.48. The molecule has 3 rings (SSSR count). The van der Waals surface area contributed by atoms with Crippen molar-refractivity contribution in [2.75, 3.05) is 13.1 Å². The Balaban J connectivity index is 1.65. The number of carbonyl (C=O) groups is 1. The van der Waals surface area contributed by atoms with Crippen LogP contribution in [0.3, 0.4) is 0 Å². The van der Waals surface area contributed by atoms with E-state index < -0.39 is 0 Å². The molecule has 0 aromatic carbocycles. The molecule has 1 amide bonds. The summed E-state index contributed by atoms with van der Waals surface area (Å²) < 4.78 is 10.0. The summed E-state index contributed by atoms with van der Waals surface area (Å²) in [6.07, 6.45) is 1.02. The number of hydrogen-bond donors (Lipinski definition) is 0. The van der Waals surface area contributed by atoms with Crippen LogP contribution in [0.1, 0.15) is 35.3 Å². The van der Waals surface area contributed by atoms with E-state index in [1.54, 1.807) is 18.7 Å². The molecule has 0 bridgehead atoms. The van der Waals surface area contributed by atoms with Gasteiger partial charge in [0.1, 0.15) is 0 Å². The molecule has 1 fully saturated rings. The Morgan fingerprint density at radius 3 is 2.81 bits per heavy atom. The lowest BCUT2D eigenvalue weighted by Gasteiger charge is -2.15. The van der Waals surface area contributed by atoms with Gasteiger partial charge in [-0.1, -0.05) is 10.3 Å². The maximum absolute atomic E-state index is 12.3. The van der Waals surface area contributed by atoms with Crippen LogP contribution in [0.5, 0.6) is 0 Å². The van der Waals surface area contributed by atoms with Gasteiger partial charge in [-0.2, -0.15) is 4.98 Å². The van der Waals surface area contributed by atoms with Gasteiger partial charge in [-0.25, -0.2) is 0 Å². The first-order chi connectivity index (χ1) is 10.0. The predicted octanol–water partition coefficient (Wildman–Crippen LogP) is 1.89. The molecule has 112 valence electrons. The van der Waals surface area contributed by atoms with Gasteiger partial charge in [-0.15, -0.1) is 0 Å². The van der Waals surface area contributed by atoms with E-state index in [1.807, 2.05) is 0 Å². The molecule has 0 N–H and O–H groups in total. The summed E-state index contributed by atoms with van der Waals surface area (Å²) in [6.45, 7) is 4.81. The summed E-state index contributed by atoms with van der Waals surface area (Å²) in [5.74, 6) is 1.32. The van der Waals surface area contributed by atoms with Gasteiger partial charge in [-0.05, 0) is 31.9 Å². The lowest BCUT2D eigenvalue weighted by atomic mass is 10.1. The van der Waals surface area contributed by atoms with E-state index in [0.717, 1.165) is 6.42 Å². The molecule has 3 heterocycles. The maximum atomic E-state index is 12.3. The van der Waals surface area contributed by atoms with Crippen molar-refractivity contribution in [3.8, 4) is 0 Å². The van der Waals surface area contributed by atoms with Gasteiger partial charge in [0, 0.05) is 18.7 Å². The van der Waals surface area contributed by atoms with Gasteiger partial charge >= 0.3 is 0 Å². The van der Waals surface area contributed by atoms with E-state index in [4.69, 9.17) is 20.6 Å². The van der Waals surface area contributed by atoms with E-state index in [0.29, 0.717) is 36.1 Å². The van der Waals surface area contributed by atoms with Crippen LogP contribution in [0, 0.1) is 13.8 Å². The van der Waals surface area contributed by atoms with Gasteiger partial charge in [0.15, 0.2) is 5.82 Å². The maximum Gasteiger partial charge on any atom is 0.231 e. The van der Waals surface area contributed by atoms with Gasteiger partial charge in [-0.3, -0.25) is 4.79 Å². The number of likely N-dealkylation sites (tertiary alicyclic amines) is 1. The molecular weight excluding hydrogens is 296 g/mol. The topological polar surface area (TPSA) is 85.3 Å². The first kappa shape index (κ1) is 14.1. The molecule has 0 spiro atoms. The minimum atomic E-state index is 0.00179. The Kier molecular flexibility index (Phi) is 3.67. The molecule has 2 aromatic heterocycles. The summed E-state index contributed by atoms with van der Waals surface area (Å²) in [4.78, 5) is 18.3. The van der Waals surface area contributed by atoms with Crippen molar-refractivity contribution < 1.29 is 13.8 Å². The van der Waals surface area contributed by atoms with E-state index in [-0.39, 0.29) is 23.5 Å². The summed E-state index contributed by atoms with van der Waals surface area (Å²) in [7, 11) is 0. The molecule has 0 radical (unpaired) electrons. The van der Waals surface area contributed by atoms with Crippen LogP contribution >= 0.6 is 11.6 Å². The molecular formula is C13H15ClN4O3. The molecule has 0 aliphatic carbocycles. The SMILES string of the molecule is Cc1noc(C2CCN(C(=O)Cc3c(C)noc3Cl)C2)n1. The lowest BCUT2D eigenvalue weighted by molar-refractivity contribution is -0.129. The quantitative estimate of drug-likeness (QED) is 0.860. The third-order valence-corrected chi connectivity index (χ3v) is 4.00. The number of amides is 1. The van der Waals surface area contributed by atoms with Gasteiger partial charge in [0.05, 0.1) is 18.0 Å². The highest BCUT2D eigenvalue weighted by molar-refractivity contribution is 6.29. The Bertz CT molecular complexity index is 647. The molecule has 1 unspecified atom stereocenters. The zero-order chi connectivity index (χ0) is 15.0. The van der Waals surface area contributed by atoms with Crippen molar-refractivity contribution in [1.29, 1.82) is 0 Å². The highest BCUT2D eigenvalue weighted by Crippen LogP contribution is 2.27. The van der Waals surface area contributed by atoms with E-state index in [1.165, 1.54) is 0 Å². The van der Waals surface area contributed by atoms with Crippen LogP contribution in [0.4, 0.5) is 0 Å². The fourth-order valence-electron chi connectivity index (χ4n) is 2.49. The number of aromatic nitrogens is 3. The van der Waals surface area contributed by atoms with E-state index in [9.17, 15) is 4.79 Å². The molecule has 1 aliphatic rings. The Hall–Kier alpha value is -1.89. The number of halogens is 1. The van der Waals surface area contributed by atoms with E-state index in [2.05, 4.69) is 15.3 Å². The van der Waals surface area contributed by atoms with Crippen molar-refractivity contribution in [3.05, 3.63) is 28.2 Å².